The normalized spacial score (nSPS) is 21.5. The van der Waals surface area contributed by atoms with Gasteiger partial charge in [0, 0.05) is 32.0 Å². The molecule has 1 aromatic rings. The summed E-state index contributed by atoms with van der Waals surface area (Å²) in [5.41, 5.74) is 0.994. The number of hydrogen-bond donors (Lipinski definition) is 1. The van der Waals surface area contributed by atoms with E-state index in [4.69, 9.17) is 0 Å². The Morgan fingerprint density at radius 1 is 1.26 bits per heavy atom. The average Bonchev–Trinajstić information content (AvgIpc) is 3.02. The Morgan fingerprint density at radius 3 is 2.70 bits per heavy atom. The van der Waals surface area contributed by atoms with Gasteiger partial charge < -0.3 is 10.2 Å². The molecule has 4 amide bonds. The molecule has 1 aromatic carbocycles. The molecule has 0 spiro atoms. The molecule has 3 rings (SSSR count). The first-order valence-corrected chi connectivity index (χ1v) is 7.66. The van der Waals surface area contributed by atoms with E-state index in [1.807, 2.05) is 0 Å². The van der Waals surface area contributed by atoms with Gasteiger partial charge >= 0.3 is 6.03 Å². The smallest absolute Gasteiger partial charge is 0.324 e. The van der Waals surface area contributed by atoms with Crippen LogP contribution in [0.4, 0.5) is 9.18 Å². The highest BCUT2D eigenvalue weighted by molar-refractivity contribution is 6.00. The second kappa shape index (κ2) is 6.36. The van der Waals surface area contributed by atoms with E-state index in [-0.39, 0.29) is 36.5 Å². The molecule has 1 atom stereocenters. The molecule has 0 bridgehead atoms. The fraction of sp³-hybridized carbons (Fsp3) is 0.438. The number of carbonyl (C=O) groups is 3. The number of likely N-dealkylation sites (tertiary alicyclic amines) is 1. The molecular weight excluding hydrogens is 301 g/mol. The number of halogens is 1. The van der Waals surface area contributed by atoms with E-state index in [9.17, 15) is 18.8 Å². The van der Waals surface area contributed by atoms with Crippen molar-refractivity contribution in [3.63, 3.8) is 0 Å². The number of nitrogens with zero attached hydrogens (tertiary/aromatic N) is 2. The number of urea groups is 1. The predicted octanol–water partition coefficient (Wildman–Crippen LogP) is 1.08. The first-order valence-electron chi connectivity index (χ1n) is 7.66. The number of benzene rings is 1. The van der Waals surface area contributed by atoms with E-state index < -0.39 is 6.03 Å². The zero-order chi connectivity index (χ0) is 16.4. The van der Waals surface area contributed by atoms with Crippen LogP contribution in [0.2, 0.25) is 0 Å². The van der Waals surface area contributed by atoms with Crippen molar-refractivity contribution in [2.75, 3.05) is 26.2 Å². The Morgan fingerprint density at radius 2 is 2.00 bits per heavy atom. The fourth-order valence-electron chi connectivity index (χ4n) is 3.01. The van der Waals surface area contributed by atoms with Crippen LogP contribution in [0.5, 0.6) is 0 Å². The van der Waals surface area contributed by atoms with E-state index in [2.05, 4.69) is 5.32 Å². The third-order valence-electron chi connectivity index (χ3n) is 4.34. The summed E-state index contributed by atoms with van der Waals surface area (Å²) in [4.78, 5) is 38.3. The van der Waals surface area contributed by atoms with Crippen LogP contribution in [0.25, 0.3) is 0 Å². The number of nitrogens with one attached hydrogen (secondary N) is 1. The maximum Gasteiger partial charge on any atom is 0.324 e. The van der Waals surface area contributed by atoms with Gasteiger partial charge in [0.25, 0.3) is 0 Å². The molecule has 122 valence electrons. The lowest BCUT2D eigenvalue weighted by Gasteiger charge is -2.27. The van der Waals surface area contributed by atoms with Gasteiger partial charge in [-0.25, -0.2) is 9.18 Å². The Balaban J connectivity index is 1.60. The highest BCUT2D eigenvalue weighted by Gasteiger charge is 2.32. The monoisotopic (exact) mass is 319 g/mol. The Kier molecular flexibility index (Phi) is 4.27. The number of amides is 4. The van der Waals surface area contributed by atoms with Gasteiger partial charge in [0.05, 0.1) is 0 Å². The minimum absolute atomic E-state index is 0.158. The minimum atomic E-state index is -0.510. The number of imide groups is 1. The molecule has 7 heteroatoms. The Bertz CT molecular complexity index is 616. The van der Waals surface area contributed by atoms with E-state index in [1.165, 1.54) is 12.1 Å². The SMILES string of the molecule is O=C(CN1C(=O)CCNC1=O)N1CCC(c2ccc(F)cc2)C1. The van der Waals surface area contributed by atoms with Gasteiger partial charge in [0.1, 0.15) is 12.4 Å². The molecule has 23 heavy (non-hydrogen) atoms. The summed E-state index contributed by atoms with van der Waals surface area (Å²) in [5, 5.41) is 2.56. The van der Waals surface area contributed by atoms with Crippen LogP contribution in [0.3, 0.4) is 0 Å². The summed E-state index contributed by atoms with van der Waals surface area (Å²) >= 11 is 0. The first kappa shape index (κ1) is 15.5. The van der Waals surface area contributed by atoms with Crippen molar-refractivity contribution in [3.05, 3.63) is 35.6 Å². The van der Waals surface area contributed by atoms with Crippen LogP contribution >= 0.6 is 0 Å². The maximum absolute atomic E-state index is 13.0. The molecular formula is C16H18FN3O3. The van der Waals surface area contributed by atoms with Crippen molar-refractivity contribution < 1.29 is 18.8 Å². The van der Waals surface area contributed by atoms with Crippen LogP contribution in [0.1, 0.15) is 24.3 Å². The Labute approximate surface area is 133 Å². The second-order valence-corrected chi connectivity index (χ2v) is 5.84. The minimum Gasteiger partial charge on any atom is -0.341 e. The van der Waals surface area contributed by atoms with Crippen molar-refractivity contribution in [2.24, 2.45) is 0 Å². The van der Waals surface area contributed by atoms with Gasteiger partial charge in [-0.3, -0.25) is 14.5 Å². The zero-order valence-corrected chi connectivity index (χ0v) is 12.6. The van der Waals surface area contributed by atoms with Crippen LogP contribution in [0, 0.1) is 5.82 Å². The molecule has 2 aliphatic heterocycles. The number of rotatable bonds is 3. The summed E-state index contributed by atoms with van der Waals surface area (Å²) in [6.45, 7) is 1.19. The quantitative estimate of drug-likeness (QED) is 0.906. The lowest BCUT2D eigenvalue weighted by atomic mass is 9.99. The van der Waals surface area contributed by atoms with E-state index in [0.29, 0.717) is 19.6 Å². The molecule has 2 saturated heterocycles. The molecule has 0 aromatic heterocycles. The lowest BCUT2D eigenvalue weighted by molar-refractivity contribution is -0.138. The molecule has 0 aliphatic carbocycles. The van der Waals surface area contributed by atoms with Crippen molar-refractivity contribution in [1.29, 1.82) is 0 Å². The van der Waals surface area contributed by atoms with Crippen molar-refractivity contribution >= 4 is 17.8 Å². The molecule has 0 radical (unpaired) electrons. The van der Waals surface area contributed by atoms with Crippen molar-refractivity contribution in [2.45, 2.75) is 18.8 Å². The third-order valence-corrected chi connectivity index (χ3v) is 4.34. The third kappa shape index (κ3) is 3.33. The van der Waals surface area contributed by atoms with Gasteiger partial charge in [-0.05, 0) is 24.1 Å². The second-order valence-electron chi connectivity index (χ2n) is 5.84. The Hall–Kier alpha value is -2.44. The van der Waals surface area contributed by atoms with E-state index in [0.717, 1.165) is 16.9 Å². The van der Waals surface area contributed by atoms with Gasteiger partial charge in [0.15, 0.2) is 0 Å². The van der Waals surface area contributed by atoms with Crippen LogP contribution in [0.15, 0.2) is 24.3 Å². The summed E-state index contributed by atoms with van der Waals surface area (Å²) < 4.78 is 13.0. The topological polar surface area (TPSA) is 69.7 Å². The van der Waals surface area contributed by atoms with Crippen LogP contribution in [-0.2, 0) is 9.59 Å². The molecule has 2 heterocycles. The summed E-state index contributed by atoms with van der Waals surface area (Å²) in [5.74, 6) is -0.684. The molecule has 6 nitrogen and oxygen atoms in total. The summed E-state index contributed by atoms with van der Waals surface area (Å²) in [6, 6.07) is 5.78. The first-order chi connectivity index (χ1) is 11.0. The highest BCUT2D eigenvalue weighted by atomic mass is 19.1. The van der Waals surface area contributed by atoms with Gasteiger partial charge in [0.2, 0.25) is 11.8 Å². The predicted molar refractivity (Wildman–Crippen MR) is 80.1 cm³/mol. The number of hydrogen-bond acceptors (Lipinski definition) is 3. The molecule has 1 unspecified atom stereocenters. The van der Waals surface area contributed by atoms with Gasteiger partial charge in [-0.15, -0.1) is 0 Å². The fourth-order valence-corrected chi connectivity index (χ4v) is 3.01. The number of carbonyl (C=O) groups excluding carboxylic acids is 3. The molecule has 1 N–H and O–H groups in total. The largest absolute Gasteiger partial charge is 0.341 e. The van der Waals surface area contributed by atoms with Crippen LogP contribution in [-0.4, -0.2) is 53.8 Å². The lowest BCUT2D eigenvalue weighted by Crippen LogP contribution is -2.53. The van der Waals surface area contributed by atoms with Crippen molar-refractivity contribution in [3.8, 4) is 0 Å². The van der Waals surface area contributed by atoms with Crippen LogP contribution < -0.4 is 5.32 Å². The van der Waals surface area contributed by atoms with Crippen molar-refractivity contribution in [1.82, 2.24) is 15.1 Å². The average molecular weight is 319 g/mol. The zero-order valence-electron chi connectivity index (χ0n) is 12.6. The maximum atomic E-state index is 13.0. The molecule has 2 aliphatic rings. The molecule has 2 fully saturated rings. The van der Waals surface area contributed by atoms with Gasteiger partial charge in [-0.1, -0.05) is 12.1 Å². The summed E-state index contributed by atoms with van der Waals surface area (Å²) in [6.07, 6.45) is 1.01. The molecule has 0 saturated carbocycles. The van der Waals surface area contributed by atoms with E-state index >= 15 is 0 Å². The summed E-state index contributed by atoms with van der Waals surface area (Å²) in [7, 11) is 0. The van der Waals surface area contributed by atoms with E-state index in [1.54, 1.807) is 17.0 Å². The van der Waals surface area contributed by atoms with Gasteiger partial charge in [-0.2, -0.15) is 0 Å². The standard InChI is InChI=1S/C16H18FN3O3/c17-13-3-1-11(2-4-13)12-6-8-19(9-12)15(22)10-20-14(21)5-7-18-16(20)23/h1-4,12H,5-10H2,(H,18,23). The highest BCUT2D eigenvalue weighted by Crippen LogP contribution is 2.27.